The van der Waals surface area contributed by atoms with Crippen LogP contribution in [-0.4, -0.2) is 46.6 Å². The predicted molar refractivity (Wildman–Crippen MR) is 86.9 cm³/mol. The molecule has 3 heterocycles. The van der Waals surface area contributed by atoms with Crippen LogP contribution in [0.1, 0.15) is 51.8 Å². The Morgan fingerprint density at radius 3 is 2.81 bits per heavy atom. The van der Waals surface area contributed by atoms with E-state index in [1.54, 1.807) is 0 Å². The fourth-order valence-corrected chi connectivity index (χ4v) is 3.51. The number of anilines is 2. The van der Waals surface area contributed by atoms with E-state index >= 15 is 0 Å². The molecule has 2 aliphatic rings. The van der Waals surface area contributed by atoms with Crippen LogP contribution in [0, 0.1) is 0 Å². The van der Waals surface area contributed by atoms with Crippen LogP contribution in [0.2, 0.25) is 0 Å². The first kappa shape index (κ1) is 14.6. The number of rotatable bonds is 5. The summed E-state index contributed by atoms with van der Waals surface area (Å²) in [7, 11) is 0. The molecule has 2 fully saturated rings. The van der Waals surface area contributed by atoms with Crippen molar-refractivity contribution in [1.29, 1.82) is 0 Å². The summed E-state index contributed by atoms with van der Waals surface area (Å²) in [5.41, 5.74) is 0. The number of nitrogens with one attached hydrogen (secondary N) is 2. The Morgan fingerprint density at radius 1 is 1.24 bits per heavy atom. The Balaban J connectivity index is 1.77. The van der Waals surface area contributed by atoms with E-state index in [0.717, 1.165) is 24.0 Å². The summed E-state index contributed by atoms with van der Waals surface area (Å²) >= 11 is 0. The van der Waals surface area contributed by atoms with Gasteiger partial charge in [-0.2, -0.15) is 0 Å². The van der Waals surface area contributed by atoms with E-state index < -0.39 is 0 Å². The van der Waals surface area contributed by atoms with Gasteiger partial charge in [-0.25, -0.2) is 9.97 Å². The Kier molecular flexibility index (Phi) is 4.29. The standard InChI is InChI=1S/C16H27N5/c1-4-17-14-10-15(20-16(19-14)11(2)3)18-12-7-9-21-8-5-6-13(12)21/h10-13H,4-9H2,1-3H3,(H2,17,18,19,20). The smallest absolute Gasteiger partial charge is 0.135 e. The topological polar surface area (TPSA) is 53.1 Å². The van der Waals surface area contributed by atoms with Gasteiger partial charge in [-0.1, -0.05) is 13.8 Å². The summed E-state index contributed by atoms with van der Waals surface area (Å²) < 4.78 is 0. The maximum absolute atomic E-state index is 4.71. The van der Waals surface area contributed by atoms with Crippen LogP contribution < -0.4 is 10.6 Å². The fourth-order valence-electron chi connectivity index (χ4n) is 3.51. The second-order valence-corrected chi connectivity index (χ2v) is 6.47. The lowest BCUT2D eigenvalue weighted by molar-refractivity contribution is 0.318. The van der Waals surface area contributed by atoms with Crippen molar-refractivity contribution in [2.24, 2.45) is 0 Å². The zero-order valence-electron chi connectivity index (χ0n) is 13.4. The van der Waals surface area contributed by atoms with Gasteiger partial charge in [-0.05, 0) is 32.7 Å². The van der Waals surface area contributed by atoms with Crippen LogP contribution in [0.5, 0.6) is 0 Å². The van der Waals surface area contributed by atoms with Crippen LogP contribution in [0.4, 0.5) is 11.6 Å². The molecule has 3 rings (SSSR count). The average molecular weight is 289 g/mol. The molecular formula is C16H27N5. The van der Waals surface area contributed by atoms with E-state index in [0.29, 0.717) is 18.0 Å². The first-order chi connectivity index (χ1) is 10.2. The minimum Gasteiger partial charge on any atom is -0.370 e. The third-order valence-corrected chi connectivity index (χ3v) is 4.56. The quantitative estimate of drug-likeness (QED) is 0.873. The molecule has 0 bridgehead atoms. The molecule has 5 nitrogen and oxygen atoms in total. The lowest BCUT2D eigenvalue weighted by atomic mass is 10.1. The molecule has 1 aromatic heterocycles. The van der Waals surface area contributed by atoms with Gasteiger partial charge in [-0.15, -0.1) is 0 Å². The van der Waals surface area contributed by atoms with Crippen molar-refractivity contribution in [2.45, 2.75) is 58.0 Å². The minimum absolute atomic E-state index is 0.343. The van der Waals surface area contributed by atoms with Crippen molar-refractivity contribution >= 4 is 11.6 Å². The molecule has 21 heavy (non-hydrogen) atoms. The highest BCUT2D eigenvalue weighted by molar-refractivity contribution is 5.48. The second-order valence-electron chi connectivity index (χ2n) is 6.47. The van der Waals surface area contributed by atoms with Gasteiger partial charge in [0, 0.05) is 37.2 Å². The molecule has 0 radical (unpaired) electrons. The first-order valence-electron chi connectivity index (χ1n) is 8.30. The number of hydrogen-bond donors (Lipinski definition) is 2. The molecule has 0 aromatic carbocycles. The maximum atomic E-state index is 4.71. The monoisotopic (exact) mass is 289 g/mol. The highest BCUT2D eigenvalue weighted by atomic mass is 15.2. The third-order valence-electron chi connectivity index (χ3n) is 4.56. The van der Waals surface area contributed by atoms with Crippen molar-refractivity contribution in [3.8, 4) is 0 Å². The minimum atomic E-state index is 0.343. The van der Waals surface area contributed by atoms with Crippen LogP contribution in [0.25, 0.3) is 0 Å². The molecule has 0 saturated carbocycles. The summed E-state index contributed by atoms with van der Waals surface area (Å²) in [6.07, 6.45) is 3.88. The predicted octanol–water partition coefficient (Wildman–Crippen LogP) is 2.68. The highest BCUT2D eigenvalue weighted by Gasteiger charge is 2.37. The van der Waals surface area contributed by atoms with Gasteiger partial charge in [0.2, 0.25) is 0 Å². The average Bonchev–Trinajstić information content (AvgIpc) is 3.04. The molecule has 2 saturated heterocycles. The molecule has 1 aromatic rings. The largest absolute Gasteiger partial charge is 0.370 e. The van der Waals surface area contributed by atoms with Crippen molar-refractivity contribution in [3.63, 3.8) is 0 Å². The van der Waals surface area contributed by atoms with Crippen molar-refractivity contribution < 1.29 is 0 Å². The van der Waals surface area contributed by atoms with E-state index in [2.05, 4.69) is 41.3 Å². The lowest BCUT2D eigenvalue weighted by Crippen LogP contribution is -2.34. The molecule has 2 atom stereocenters. The summed E-state index contributed by atoms with van der Waals surface area (Å²) in [4.78, 5) is 11.9. The van der Waals surface area contributed by atoms with Gasteiger partial charge in [0.1, 0.15) is 17.5 Å². The van der Waals surface area contributed by atoms with Crippen LogP contribution in [-0.2, 0) is 0 Å². The fraction of sp³-hybridized carbons (Fsp3) is 0.750. The molecule has 2 aliphatic heterocycles. The zero-order valence-corrected chi connectivity index (χ0v) is 13.4. The molecule has 5 heteroatoms. The Labute approximate surface area is 127 Å². The highest BCUT2D eigenvalue weighted by Crippen LogP contribution is 2.30. The molecular weight excluding hydrogens is 262 g/mol. The van der Waals surface area contributed by atoms with Gasteiger partial charge in [0.05, 0.1) is 0 Å². The molecule has 116 valence electrons. The zero-order chi connectivity index (χ0) is 14.8. The van der Waals surface area contributed by atoms with E-state index in [9.17, 15) is 0 Å². The summed E-state index contributed by atoms with van der Waals surface area (Å²) in [6.45, 7) is 9.76. The number of aromatic nitrogens is 2. The van der Waals surface area contributed by atoms with E-state index in [1.807, 2.05) is 6.07 Å². The van der Waals surface area contributed by atoms with E-state index in [1.165, 1.54) is 32.4 Å². The van der Waals surface area contributed by atoms with Gasteiger partial charge in [0.15, 0.2) is 0 Å². The molecule has 2 unspecified atom stereocenters. The first-order valence-corrected chi connectivity index (χ1v) is 8.30. The molecule has 2 N–H and O–H groups in total. The Morgan fingerprint density at radius 2 is 2.05 bits per heavy atom. The Hall–Kier alpha value is -1.36. The van der Waals surface area contributed by atoms with Gasteiger partial charge in [0.25, 0.3) is 0 Å². The van der Waals surface area contributed by atoms with Crippen LogP contribution in [0.15, 0.2) is 6.07 Å². The SMILES string of the molecule is CCNc1cc(NC2CCN3CCCC23)nc(C(C)C)n1. The second kappa shape index (κ2) is 6.18. The third kappa shape index (κ3) is 3.12. The number of nitrogens with zero attached hydrogens (tertiary/aromatic N) is 3. The van der Waals surface area contributed by atoms with E-state index in [-0.39, 0.29) is 0 Å². The van der Waals surface area contributed by atoms with Crippen molar-refractivity contribution in [1.82, 2.24) is 14.9 Å². The molecule has 0 amide bonds. The van der Waals surface area contributed by atoms with Crippen LogP contribution >= 0.6 is 0 Å². The van der Waals surface area contributed by atoms with Crippen molar-refractivity contribution in [3.05, 3.63) is 11.9 Å². The van der Waals surface area contributed by atoms with Gasteiger partial charge < -0.3 is 10.6 Å². The molecule has 0 aliphatic carbocycles. The van der Waals surface area contributed by atoms with Crippen LogP contribution in [0.3, 0.4) is 0 Å². The van der Waals surface area contributed by atoms with Crippen molar-refractivity contribution in [2.75, 3.05) is 30.3 Å². The molecule has 0 spiro atoms. The Bertz CT molecular complexity index is 488. The van der Waals surface area contributed by atoms with Gasteiger partial charge in [-0.3, -0.25) is 4.90 Å². The maximum Gasteiger partial charge on any atom is 0.135 e. The summed E-state index contributed by atoms with van der Waals surface area (Å²) in [5, 5.41) is 6.99. The summed E-state index contributed by atoms with van der Waals surface area (Å²) in [6, 6.07) is 3.29. The number of fused-ring (bicyclic) bond motifs is 1. The number of hydrogen-bond acceptors (Lipinski definition) is 5. The van der Waals surface area contributed by atoms with Gasteiger partial charge >= 0.3 is 0 Å². The lowest BCUT2D eigenvalue weighted by Gasteiger charge is -2.22. The summed E-state index contributed by atoms with van der Waals surface area (Å²) in [5.74, 6) is 3.16. The normalized spacial score (nSPS) is 25.3. The van der Waals surface area contributed by atoms with E-state index in [4.69, 9.17) is 4.98 Å².